The summed E-state index contributed by atoms with van der Waals surface area (Å²) in [6, 6.07) is 5.56. The Morgan fingerprint density at radius 2 is 2.20 bits per heavy atom. The van der Waals surface area contributed by atoms with Crippen LogP contribution in [0.4, 0.5) is 4.39 Å². The Kier molecular flexibility index (Phi) is 3.03. The molecule has 0 aromatic heterocycles. The molecule has 0 unspecified atom stereocenters. The lowest BCUT2D eigenvalue weighted by Gasteiger charge is -2.41. The Hall–Kier alpha value is -0.540. The third-order valence-corrected chi connectivity index (χ3v) is 4.24. The molecule has 1 aliphatic rings. The minimum absolute atomic E-state index is 0.0672. The maximum atomic E-state index is 13.6. The highest BCUT2D eigenvalue weighted by Crippen LogP contribution is 2.43. The maximum Gasteiger partial charge on any atom is 0.137 e. The van der Waals surface area contributed by atoms with Gasteiger partial charge >= 0.3 is 0 Å². The monoisotopic (exact) mass is 225 g/mol. The van der Waals surface area contributed by atoms with E-state index < -0.39 is 0 Å². The van der Waals surface area contributed by atoms with Crippen LogP contribution >= 0.6 is 11.8 Å². The van der Waals surface area contributed by atoms with Gasteiger partial charge in [-0.2, -0.15) is 0 Å². The van der Waals surface area contributed by atoms with Crippen LogP contribution in [-0.4, -0.2) is 12.8 Å². The molecule has 0 radical (unpaired) electrons. The minimum Gasteiger partial charge on any atom is -0.330 e. The Labute approximate surface area is 94.2 Å². The molecule has 0 bridgehead atoms. The fourth-order valence-electron chi connectivity index (χ4n) is 2.21. The fraction of sp³-hybridized carbons (Fsp3) is 0.500. The number of halogens is 1. The van der Waals surface area contributed by atoms with Crippen molar-refractivity contribution in [1.29, 1.82) is 0 Å². The summed E-state index contributed by atoms with van der Waals surface area (Å²) in [5, 5.41) is 0. The Balaban J connectivity index is 2.33. The number of nitrogens with two attached hydrogens (primary N) is 1. The molecule has 0 heterocycles. The summed E-state index contributed by atoms with van der Waals surface area (Å²) >= 11 is 1.44. The van der Waals surface area contributed by atoms with Gasteiger partial charge in [0.2, 0.25) is 0 Å². The van der Waals surface area contributed by atoms with Crippen LogP contribution in [0.3, 0.4) is 0 Å². The molecule has 3 heteroatoms. The van der Waals surface area contributed by atoms with Crippen LogP contribution in [-0.2, 0) is 5.41 Å². The van der Waals surface area contributed by atoms with Crippen molar-refractivity contribution >= 4 is 11.8 Å². The van der Waals surface area contributed by atoms with E-state index in [0.717, 1.165) is 18.4 Å². The highest BCUT2D eigenvalue weighted by molar-refractivity contribution is 7.98. The zero-order chi connectivity index (χ0) is 10.9. The molecule has 15 heavy (non-hydrogen) atoms. The topological polar surface area (TPSA) is 26.0 Å². The van der Waals surface area contributed by atoms with Crippen molar-refractivity contribution in [2.24, 2.45) is 5.73 Å². The summed E-state index contributed by atoms with van der Waals surface area (Å²) in [6.07, 6.45) is 5.30. The predicted molar refractivity (Wildman–Crippen MR) is 62.8 cm³/mol. The lowest BCUT2D eigenvalue weighted by atomic mass is 9.64. The van der Waals surface area contributed by atoms with Gasteiger partial charge in [-0.05, 0) is 36.8 Å². The molecule has 1 saturated carbocycles. The van der Waals surface area contributed by atoms with Crippen molar-refractivity contribution in [3.05, 3.63) is 29.6 Å². The van der Waals surface area contributed by atoms with E-state index in [1.807, 2.05) is 18.4 Å². The van der Waals surface area contributed by atoms with Crippen LogP contribution in [0.15, 0.2) is 23.1 Å². The number of hydrogen-bond donors (Lipinski definition) is 1. The first-order valence-corrected chi connectivity index (χ1v) is 6.48. The highest BCUT2D eigenvalue weighted by atomic mass is 32.2. The molecule has 0 spiro atoms. The molecule has 0 aliphatic heterocycles. The predicted octanol–water partition coefficient (Wildman–Crippen LogP) is 2.93. The molecular formula is C12H16FNS. The summed E-state index contributed by atoms with van der Waals surface area (Å²) < 4.78 is 13.6. The van der Waals surface area contributed by atoms with E-state index in [1.54, 1.807) is 6.07 Å². The van der Waals surface area contributed by atoms with Crippen molar-refractivity contribution < 1.29 is 4.39 Å². The van der Waals surface area contributed by atoms with E-state index in [1.165, 1.54) is 18.2 Å². The molecule has 1 fully saturated rings. The summed E-state index contributed by atoms with van der Waals surface area (Å²) in [5.74, 6) is -0.111. The van der Waals surface area contributed by atoms with E-state index in [-0.39, 0.29) is 11.2 Å². The van der Waals surface area contributed by atoms with Crippen molar-refractivity contribution in [3.63, 3.8) is 0 Å². The van der Waals surface area contributed by atoms with Crippen LogP contribution in [0.2, 0.25) is 0 Å². The Morgan fingerprint density at radius 1 is 1.47 bits per heavy atom. The van der Waals surface area contributed by atoms with E-state index in [0.29, 0.717) is 11.4 Å². The Bertz CT molecular complexity index is 355. The molecule has 1 nitrogen and oxygen atoms in total. The van der Waals surface area contributed by atoms with Gasteiger partial charge in [-0.25, -0.2) is 4.39 Å². The van der Waals surface area contributed by atoms with Gasteiger partial charge in [0.15, 0.2) is 0 Å². The van der Waals surface area contributed by atoms with Gasteiger partial charge in [-0.3, -0.25) is 0 Å². The average Bonchev–Trinajstić information content (AvgIpc) is 2.17. The lowest BCUT2D eigenvalue weighted by Crippen LogP contribution is -2.41. The highest BCUT2D eigenvalue weighted by Gasteiger charge is 2.37. The first-order chi connectivity index (χ1) is 7.22. The number of thioether (sulfide) groups is 1. The first kappa shape index (κ1) is 11.0. The van der Waals surface area contributed by atoms with Crippen molar-refractivity contribution in [2.75, 3.05) is 12.8 Å². The van der Waals surface area contributed by atoms with Gasteiger partial charge in [0, 0.05) is 16.9 Å². The van der Waals surface area contributed by atoms with Gasteiger partial charge in [-0.15, -0.1) is 11.8 Å². The number of rotatable bonds is 3. The number of hydrogen-bond acceptors (Lipinski definition) is 2. The maximum absolute atomic E-state index is 13.6. The lowest BCUT2D eigenvalue weighted by molar-refractivity contribution is 0.252. The molecule has 0 atom stereocenters. The van der Waals surface area contributed by atoms with Crippen LogP contribution in [0, 0.1) is 5.82 Å². The van der Waals surface area contributed by atoms with Gasteiger partial charge in [0.25, 0.3) is 0 Å². The second-order valence-corrected chi connectivity index (χ2v) is 5.04. The molecule has 82 valence electrons. The van der Waals surface area contributed by atoms with Crippen LogP contribution < -0.4 is 5.73 Å². The zero-order valence-electron chi connectivity index (χ0n) is 8.92. The third-order valence-electron chi connectivity index (χ3n) is 3.47. The first-order valence-electron chi connectivity index (χ1n) is 5.26. The van der Waals surface area contributed by atoms with Crippen molar-refractivity contribution in [2.45, 2.75) is 29.6 Å². The quantitative estimate of drug-likeness (QED) is 0.800. The molecular weight excluding hydrogens is 209 g/mol. The van der Waals surface area contributed by atoms with Gasteiger partial charge in [0.1, 0.15) is 5.82 Å². The normalized spacial score (nSPS) is 18.6. The smallest absolute Gasteiger partial charge is 0.137 e. The third kappa shape index (κ3) is 1.79. The molecule has 1 aromatic carbocycles. The van der Waals surface area contributed by atoms with Gasteiger partial charge < -0.3 is 5.73 Å². The van der Waals surface area contributed by atoms with Gasteiger partial charge in [0.05, 0.1) is 0 Å². The second-order valence-electron chi connectivity index (χ2n) is 4.19. The largest absolute Gasteiger partial charge is 0.330 e. The summed E-state index contributed by atoms with van der Waals surface area (Å²) in [5.41, 5.74) is 6.94. The zero-order valence-corrected chi connectivity index (χ0v) is 9.74. The summed E-state index contributed by atoms with van der Waals surface area (Å²) in [6.45, 7) is 0.630. The molecule has 1 aliphatic carbocycles. The molecule has 2 N–H and O–H groups in total. The standard InChI is InChI=1S/C12H16FNS/c1-15-11-4-3-9(7-10(11)13)12(8-14)5-2-6-12/h3-4,7H,2,5-6,8,14H2,1H3. The van der Waals surface area contributed by atoms with Crippen molar-refractivity contribution in [3.8, 4) is 0 Å². The summed E-state index contributed by atoms with van der Waals surface area (Å²) in [4.78, 5) is 0.713. The van der Waals surface area contributed by atoms with E-state index in [2.05, 4.69) is 0 Å². The minimum atomic E-state index is -0.111. The van der Waals surface area contributed by atoms with Crippen LogP contribution in [0.5, 0.6) is 0 Å². The van der Waals surface area contributed by atoms with E-state index >= 15 is 0 Å². The molecule has 2 rings (SSSR count). The van der Waals surface area contributed by atoms with E-state index in [9.17, 15) is 4.39 Å². The van der Waals surface area contributed by atoms with E-state index in [4.69, 9.17) is 5.73 Å². The second kappa shape index (κ2) is 4.14. The Morgan fingerprint density at radius 3 is 2.60 bits per heavy atom. The van der Waals surface area contributed by atoms with Crippen molar-refractivity contribution in [1.82, 2.24) is 0 Å². The molecule has 1 aromatic rings. The fourth-order valence-corrected chi connectivity index (χ4v) is 2.67. The van der Waals surface area contributed by atoms with Crippen LogP contribution in [0.25, 0.3) is 0 Å². The average molecular weight is 225 g/mol. The van der Waals surface area contributed by atoms with Crippen LogP contribution in [0.1, 0.15) is 24.8 Å². The molecule has 0 saturated heterocycles. The van der Waals surface area contributed by atoms with Gasteiger partial charge in [-0.1, -0.05) is 12.5 Å². The number of benzene rings is 1. The summed E-state index contributed by atoms with van der Waals surface area (Å²) in [7, 11) is 0. The molecule has 0 amide bonds. The SMILES string of the molecule is CSc1ccc(C2(CN)CCC2)cc1F.